The topological polar surface area (TPSA) is 21.8 Å². The van der Waals surface area contributed by atoms with Crippen LogP contribution < -0.4 is 5.32 Å². The van der Waals surface area contributed by atoms with Crippen LogP contribution in [-0.2, 0) is 0 Å². The predicted molar refractivity (Wildman–Crippen MR) is 90.9 cm³/mol. The smallest absolute Gasteiger partial charge is 0.0250 e. The monoisotopic (exact) mass is 296 g/mol. The van der Waals surface area contributed by atoms with E-state index in [2.05, 4.69) is 41.2 Å². The summed E-state index contributed by atoms with van der Waals surface area (Å²) in [6, 6.07) is 1.48. The van der Waals surface area contributed by atoms with Crippen LogP contribution in [0.3, 0.4) is 0 Å². The third kappa shape index (κ3) is 5.51. The van der Waals surface area contributed by atoms with E-state index in [0.717, 1.165) is 6.04 Å². The summed E-state index contributed by atoms with van der Waals surface area (Å²) in [5.74, 6) is 0. The summed E-state index contributed by atoms with van der Waals surface area (Å²) >= 11 is 0. The lowest BCUT2D eigenvalue weighted by Gasteiger charge is -2.43. The van der Waals surface area contributed by atoms with Gasteiger partial charge >= 0.3 is 0 Å². The molecule has 2 fully saturated rings. The average Bonchev–Trinajstić information content (AvgIpc) is 2.46. The molecule has 4 nitrogen and oxygen atoms in total. The van der Waals surface area contributed by atoms with E-state index in [1.165, 1.54) is 77.8 Å². The number of rotatable bonds is 5. The second-order valence-electron chi connectivity index (χ2n) is 7.13. The number of hydrogen-bond acceptors (Lipinski definition) is 4. The Balaban J connectivity index is 1.81. The summed E-state index contributed by atoms with van der Waals surface area (Å²) in [7, 11) is 6.50. The third-order valence-electron chi connectivity index (χ3n) is 5.34. The molecule has 0 aromatic carbocycles. The van der Waals surface area contributed by atoms with Crippen molar-refractivity contribution >= 4 is 0 Å². The first kappa shape index (κ1) is 17.2. The molecule has 0 aromatic rings. The molecule has 2 unspecified atom stereocenters. The van der Waals surface area contributed by atoms with Gasteiger partial charge < -0.3 is 10.2 Å². The normalized spacial score (nSPS) is 30.3. The van der Waals surface area contributed by atoms with Gasteiger partial charge in [0, 0.05) is 51.4 Å². The molecule has 1 heterocycles. The number of piperazine rings is 1. The van der Waals surface area contributed by atoms with E-state index in [1.807, 2.05) is 0 Å². The van der Waals surface area contributed by atoms with Crippen molar-refractivity contribution in [3.8, 4) is 0 Å². The van der Waals surface area contributed by atoms with Crippen LogP contribution in [0, 0.1) is 0 Å². The standard InChI is InChI=1S/C17H36N4/c1-18-16-8-6-4-5-7-9-17(16)21-14-12-20(13-15-21)11-10-19(2)3/h16-18H,4-15H2,1-3H3. The molecular weight excluding hydrogens is 260 g/mol. The minimum Gasteiger partial charge on any atom is -0.315 e. The van der Waals surface area contributed by atoms with Crippen molar-refractivity contribution in [2.24, 2.45) is 0 Å². The predicted octanol–water partition coefficient (Wildman–Crippen LogP) is 1.48. The van der Waals surface area contributed by atoms with Gasteiger partial charge in [-0.05, 0) is 34.0 Å². The lowest BCUT2D eigenvalue weighted by molar-refractivity contribution is 0.0666. The fourth-order valence-corrected chi connectivity index (χ4v) is 3.90. The van der Waals surface area contributed by atoms with Crippen molar-refractivity contribution in [1.82, 2.24) is 20.0 Å². The zero-order chi connectivity index (χ0) is 15.1. The molecule has 1 aliphatic carbocycles. The Morgan fingerprint density at radius 3 is 2.24 bits per heavy atom. The minimum absolute atomic E-state index is 0.707. The summed E-state index contributed by atoms with van der Waals surface area (Å²) in [5, 5.41) is 3.61. The van der Waals surface area contributed by atoms with Crippen LogP contribution in [0.5, 0.6) is 0 Å². The molecule has 0 bridgehead atoms. The van der Waals surface area contributed by atoms with Gasteiger partial charge in [-0.1, -0.05) is 25.7 Å². The van der Waals surface area contributed by atoms with Crippen molar-refractivity contribution < 1.29 is 0 Å². The third-order valence-corrected chi connectivity index (χ3v) is 5.34. The highest BCUT2D eigenvalue weighted by Crippen LogP contribution is 2.23. The van der Waals surface area contributed by atoms with E-state index in [9.17, 15) is 0 Å². The minimum atomic E-state index is 0.707. The van der Waals surface area contributed by atoms with Crippen LogP contribution in [-0.4, -0.2) is 87.2 Å². The van der Waals surface area contributed by atoms with Gasteiger partial charge in [0.15, 0.2) is 0 Å². The highest BCUT2D eigenvalue weighted by molar-refractivity contribution is 4.88. The van der Waals surface area contributed by atoms with Crippen molar-refractivity contribution in [3.63, 3.8) is 0 Å². The summed E-state index contributed by atoms with van der Waals surface area (Å²) in [4.78, 5) is 7.70. The zero-order valence-corrected chi connectivity index (χ0v) is 14.5. The quantitative estimate of drug-likeness (QED) is 0.829. The van der Waals surface area contributed by atoms with Crippen LogP contribution >= 0.6 is 0 Å². The van der Waals surface area contributed by atoms with Crippen LogP contribution in [0.1, 0.15) is 38.5 Å². The Kier molecular flexibility index (Phi) is 7.44. The molecule has 124 valence electrons. The molecule has 2 atom stereocenters. The van der Waals surface area contributed by atoms with E-state index in [1.54, 1.807) is 0 Å². The summed E-state index contributed by atoms with van der Waals surface area (Å²) in [6.07, 6.45) is 8.46. The molecule has 0 amide bonds. The molecule has 1 N–H and O–H groups in total. The van der Waals surface area contributed by atoms with E-state index in [0.29, 0.717) is 6.04 Å². The van der Waals surface area contributed by atoms with Crippen LogP contribution in [0.2, 0.25) is 0 Å². The molecule has 1 aliphatic heterocycles. The van der Waals surface area contributed by atoms with Gasteiger partial charge in [-0.2, -0.15) is 0 Å². The Hall–Kier alpha value is -0.160. The molecule has 0 radical (unpaired) electrons. The molecule has 2 aliphatic rings. The highest BCUT2D eigenvalue weighted by Gasteiger charge is 2.29. The van der Waals surface area contributed by atoms with E-state index >= 15 is 0 Å². The SMILES string of the molecule is CNC1CCCCCCC1N1CCN(CCN(C)C)CC1. The van der Waals surface area contributed by atoms with Crippen molar-refractivity contribution in [2.75, 3.05) is 60.4 Å². The van der Waals surface area contributed by atoms with E-state index in [-0.39, 0.29) is 0 Å². The van der Waals surface area contributed by atoms with Gasteiger partial charge in [-0.25, -0.2) is 0 Å². The van der Waals surface area contributed by atoms with E-state index in [4.69, 9.17) is 0 Å². The first-order valence-electron chi connectivity index (χ1n) is 8.99. The number of likely N-dealkylation sites (N-methyl/N-ethyl adjacent to an activating group) is 2. The molecule has 2 rings (SSSR count). The highest BCUT2D eigenvalue weighted by atomic mass is 15.3. The molecule has 21 heavy (non-hydrogen) atoms. The Morgan fingerprint density at radius 1 is 0.952 bits per heavy atom. The fourth-order valence-electron chi connectivity index (χ4n) is 3.90. The number of hydrogen-bond donors (Lipinski definition) is 1. The number of nitrogens with one attached hydrogen (secondary N) is 1. The van der Waals surface area contributed by atoms with Gasteiger partial charge in [0.1, 0.15) is 0 Å². The molecule has 0 spiro atoms. The summed E-state index contributed by atoms with van der Waals surface area (Å²) in [6.45, 7) is 7.43. The maximum atomic E-state index is 3.61. The summed E-state index contributed by atoms with van der Waals surface area (Å²) < 4.78 is 0. The van der Waals surface area contributed by atoms with Crippen LogP contribution in [0.25, 0.3) is 0 Å². The molecular formula is C17H36N4. The molecule has 0 aromatic heterocycles. The van der Waals surface area contributed by atoms with Gasteiger partial charge in [0.25, 0.3) is 0 Å². The first-order chi connectivity index (χ1) is 10.2. The zero-order valence-electron chi connectivity index (χ0n) is 14.5. The van der Waals surface area contributed by atoms with Gasteiger partial charge in [0.2, 0.25) is 0 Å². The fraction of sp³-hybridized carbons (Fsp3) is 1.00. The Morgan fingerprint density at radius 2 is 1.62 bits per heavy atom. The van der Waals surface area contributed by atoms with Gasteiger partial charge in [-0.3, -0.25) is 9.80 Å². The molecule has 1 saturated heterocycles. The maximum Gasteiger partial charge on any atom is 0.0250 e. The Bertz CT molecular complexity index is 274. The van der Waals surface area contributed by atoms with Crippen molar-refractivity contribution in [1.29, 1.82) is 0 Å². The van der Waals surface area contributed by atoms with E-state index < -0.39 is 0 Å². The maximum absolute atomic E-state index is 3.61. The molecule has 1 saturated carbocycles. The lowest BCUT2D eigenvalue weighted by Crippen LogP contribution is -2.56. The lowest BCUT2D eigenvalue weighted by atomic mass is 9.91. The average molecular weight is 297 g/mol. The second kappa shape index (κ2) is 9.09. The Labute approximate surface area is 131 Å². The summed E-state index contributed by atoms with van der Waals surface area (Å²) in [5.41, 5.74) is 0. The molecule has 4 heteroatoms. The van der Waals surface area contributed by atoms with Crippen LogP contribution in [0.4, 0.5) is 0 Å². The second-order valence-corrected chi connectivity index (χ2v) is 7.13. The number of nitrogens with zero attached hydrogens (tertiary/aromatic N) is 3. The van der Waals surface area contributed by atoms with Crippen molar-refractivity contribution in [2.45, 2.75) is 50.6 Å². The van der Waals surface area contributed by atoms with Crippen molar-refractivity contribution in [3.05, 3.63) is 0 Å². The van der Waals surface area contributed by atoms with Crippen LogP contribution in [0.15, 0.2) is 0 Å². The van der Waals surface area contributed by atoms with Gasteiger partial charge in [-0.15, -0.1) is 0 Å². The largest absolute Gasteiger partial charge is 0.315 e. The first-order valence-corrected chi connectivity index (χ1v) is 8.99. The van der Waals surface area contributed by atoms with Gasteiger partial charge in [0.05, 0.1) is 0 Å².